The lowest BCUT2D eigenvalue weighted by Gasteiger charge is -2.18. The fraction of sp³-hybridized carbons (Fsp3) is 0.294. The Kier molecular flexibility index (Phi) is 3.64. The number of hydrogen-bond donors (Lipinski definition) is 0. The molecule has 1 fully saturated rings. The molecule has 0 radical (unpaired) electrons. The van der Waals surface area contributed by atoms with Crippen molar-refractivity contribution >= 4 is 18.8 Å². The van der Waals surface area contributed by atoms with E-state index in [-0.39, 0.29) is 0 Å². The van der Waals surface area contributed by atoms with Crippen molar-refractivity contribution in [2.75, 3.05) is 18.0 Å². The SMILES string of the molecule is N#Cc1ccc(Oc2ccc3c(c2)COB3)nc1N1CCCC1. The third kappa shape index (κ3) is 2.76. The quantitative estimate of drug-likeness (QED) is 0.810. The number of benzene rings is 1. The van der Waals surface area contributed by atoms with Crippen molar-refractivity contribution in [2.45, 2.75) is 19.4 Å². The minimum absolute atomic E-state index is 0.518. The molecule has 114 valence electrons. The molecular formula is C17H16BN3O2. The van der Waals surface area contributed by atoms with Gasteiger partial charge in [0.15, 0.2) is 5.82 Å². The molecule has 0 bridgehead atoms. The monoisotopic (exact) mass is 305 g/mol. The summed E-state index contributed by atoms with van der Waals surface area (Å²) in [5.41, 5.74) is 2.97. The molecular weight excluding hydrogens is 289 g/mol. The standard InChI is InChI=1S/C17H16BN3O2/c19-10-12-3-6-16(20-17(12)21-7-1-2-8-21)23-14-4-5-15-13(9-14)11-22-18-15/h3-6,9,18H,1-2,7-8,11H2. The van der Waals surface area contributed by atoms with Crippen LogP contribution in [0.4, 0.5) is 5.82 Å². The van der Waals surface area contributed by atoms with Crippen LogP contribution in [0.1, 0.15) is 24.0 Å². The van der Waals surface area contributed by atoms with E-state index in [0.717, 1.165) is 43.1 Å². The molecule has 0 spiro atoms. The van der Waals surface area contributed by atoms with Gasteiger partial charge in [-0.1, -0.05) is 6.07 Å². The molecule has 4 rings (SSSR count). The van der Waals surface area contributed by atoms with Crippen LogP contribution in [0.2, 0.25) is 0 Å². The van der Waals surface area contributed by atoms with E-state index in [2.05, 4.69) is 16.0 Å². The molecule has 2 aromatic rings. The summed E-state index contributed by atoms with van der Waals surface area (Å²) in [5.74, 6) is 2.00. The van der Waals surface area contributed by atoms with Gasteiger partial charge < -0.3 is 14.3 Å². The first-order valence-corrected chi connectivity index (χ1v) is 7.87. The normalized spacial score (nSPS) is 15.9. The van der Waals surface area contributed by atoms with Crippen LogP contribution in [0.5, 0.6) is 11.6 Å². The molecule has 23 heavy (non-hydrogen) atoms. The largest absolute Gasteiger partial charge is 0.439 e. The number of nitriles is 1. The van der Waals surface area contributed by atoms with Gasteiger partial charge in [0.25, 0.3) is 0 Å². The molecule has 0 N–H and O–H groups in total. The summed E-state index contributed by atoms with van der Waals surface area (Å²) in [7, 11) is 0.670. The van der Waals surface area contributed by atoms with Crippen LogP contribution in [0, 0.1) is 11.3 Å². The fourth-order valence-corrected chi connectivity index (χ4v) is 3.08. The zero-order valence-electron chi connectivity index (χ0n) is 12.8. The lowest BCUT2D eigenvalue weighted by Crippen LogP contribution is -2.20. The summed E-state index contributed by atoms with van der Waals surface area (Å²) in [6.45, 7) is 2.52. The number of nitrogens with zero attached hydrogens (tertiary/aromatic N) is 3. The molecule has 2 aliphatic rings. The number of hydrogen-bond acceptors (Lipinski definition) is 5. The summed E-state index contributed by atoms with van der Waals surface area (Å²) in [5, 5.41) is 9.29. The highest BCUT2D eigenvalue weighted by Crippen LogP contribution is 2.27. The summed E-state index contributed by atoms with van der Waals surface area (Å²) in [6.07, 6.45) is 2.28. The zero-order valence-corrected chi connectivity index (χ0v) is 12.8. The first kappa shape index (κ1) is 14.1. The Morgan fingerprint density at radius 3 is 2.91 bits per heavy atom. The molecule has 6 heteroatoms. The number of fused-ring (bicyclic) bond motifs is 1. The van der Waals surface area contributed by atoms with Crippen molar-refractivity contribution < 1.29 is 9.39 Å². The Hall–Kier alpha value is -2.52. The van der Waals surface area contributed by atoms with Crippen LogP contribution in [0.25, 0.3) is 0 Å². The van der Waals surface area contributed by atoms with Crippen LogP contribution in [0.15, 0.2) is 30.3 Å². The Morgan fingerprint density at radius 2 is 2.09 bits per heavy atom. The minimum atomic E-state index is 0.518. The van der Waals surface area contributed by atoms with Gasteiger partial charge in [-0.15, -0.1) is 0 Å². The molecule has 2 aliphatic heterocycles. The first-order chi connectivity index (χ1) is 11.3. The molecule has 0 saturated carbocycles. The van der Waals surface area contributed by atoms with E-state index in [1.54, 1.807) is 12.1 Å². The van der Waals surface area contributed by atoms with E-state index in [1.807, 2.05) is 18.2 Å². The van der Waals surface area contributed by atoms with Crippen LogP contribution in [-0.4, -0.2) is 25.6 Å². The van der Waals surface area contributed by atoms with Gasteiger partial charge >= 0.3 is 7.48 Å². The maximum atomic E-state index is 9.29. The summed E-state index contributed by atoms with van der Waals surface area (Å²) >= 11 is 0. The van der Waals surface area contributed by atoms with Crippen molar-refractivity contribution in [1.82, 2.24) is 4.98 Å². The van der Waals surface area contributed by atoms with Crippen LogP contribution >= 0.6 is 0 Å². The van der Waals surface area contributed by atoms with Crippen molar-refractivity contribution in [3.05, 3.63) is 41.5 Å². The lowest BCUT2D eigenvalue weighted by molar-refractivity contribution is 0.344. The number of pyridine rings is 1. The molecule has 0 amide bonds. The van der Waals surface area contributed by atoms with Crippen molar-refractivity contribution in [1.29, 1.82) is 5.26 Å². The van der Waals surface area contributed by atoms with Crippen molar-refractivity contribution in [2.24, 2.45) is 0 Å². The van der Waals surface area contributed by atoms with Gasteiger partial charge in [0, 0.05) is 19.2 Å². The topological polar surface area (TPSA) is 58.4 Å². The van der Waals surface area contributed by atoms with Crippen LogP contribution < -0.4 is 15.1 Å². The Morgan fingerprint density at radius 1 is 1.22 bits per heavy atom. The number of rotatable bonds is 3. The third-order valence-corrected chi connectivity index (χ3v) is 4.29. The lowest BCUT2D eigenvalue weighted by atomic mass is 9.87. The summed E-state index contributed by atoms with van der Waals surface area (Å²) < 4.78 is 11.3. The Bertz CT molecular complexity index is 782. The predicted molar refractivity (Wildman–Crippen MR) is 88.5 cm³/mol. The molecule has 5 nitrogen and oxygen atoms in total. The second-order valence-electron chi connectivity index (χ2n) is 5.85. The number of ether oxygens (including phenoxy) is 1. The fourth-order valence-electron chi connectivity index (χ4n) is 3.08. The molecule has 0 unspecified atom stereocenters. The van der Waals surface area contributed by atoms with Crippen LogP contribution in [-0.2, 0) is 11.3 Å². The van der Waals surface area contributed by atoms with Crippen LogP contribution in [0.3, 0.4) is 0 Å². The van der Waals surface area contributed by atoms with E-state index >= 15 is 0 Å². The number of anilines is 1. The summed E-state index contributed by atoms with van der Waals surface area (Å²) in [4.78, 5) is 6.72. The van der Waals surface area contributed by atoms with E-state index in [1.165, 1.54) is 5.46 Å². The molecule has 1 saturated heterocycles. The van der Waals surface area contributed by atoms with Gasteiger partial charge in [-0.3, -0.25) is 0 Å². The number of aromatic nitrogens is 1. The third-order valence-electron chi connectivity index (χ3n) is 4.29. The van der Waals surface area contributed by atoms with Gasteiger partial charge in [-0.2, -0.15) is 10.2 Å². The minimum Gasteiger partial charge on any atom is -0.439 e. The average molecular weight is 305 g/mol. The van der Waals surface area contributed by atoms with E-state index in [9.17, 15) is 5.26 Å². The molecule has 3 heterocycles. The van der Waals surface area contributed by atoms with Crippen molar-refractivity contribution in [3.63, 3.8) is 0 Å². The van der Waals surface area contributed by atoms with Gasteiger partial charge in [0.2, 0.25) is 5.88 Å². The maximum Gasteiger partial charge on any atom is 0.309 e. The second kappa shape index (κ2) is 5.94. The Labute approximate surface area is 135 Å². The smallest absolute Gasteiger partial charge is 0.309 e. The zero-order chi connectivity index (χ0) is 15.6. The molecule has 1 aromatic carbocycles. The summed E-state index contributed by atoms with van der Waals surface area (Å²) in [6, 6.07) is 11.7. The average Bonchev–Trinajstić information content (AvgIpc) is 3.26. The molecule has 0 atom stereocenters. The second-order valence-corrected chi connectivity index (χ2v) is 5.85. The molecule has 1 aromatic heterocycles. The van der Waals surface area contributed by atoms with E-state index in [4.69, 9.17) is 9.39 Å². The first-order valence-electron chi connectivity index (χ1n) is 7.87. The highest BCUT2D eigenvalue weighted by molar-refractivity contribution is 6.48. The van der Waals surface area contributed by atoms with Gasteiger partial charge in [-0.25, -0.2) is 0 Å². The van der Waals surface area contributed by atoms with Gasteiger partial charge in [0.05, 0.1) is 12.2 Å². The highest BCUT2D eigenvalue weighted by atomic mass is 16.5. The van der Waals surface area contributed by atoms with Crippen molar-refractivity contribution in [3.8, 4) is 17.7 Å². The van der Waals surface area contributed by atoms with E-state index in [0.29, 0.717) is 25.5 Å². The predicted octanol–water partition coefficient (Wildman–Crippen LogP) is 1.85. The van der Waals surface area contributed by atoms with Gasteiger partial charge in [0.1, 0.15) is 11.8 Å². The molecule has 0 aliphatic carbocycles. The Balaban J connectivity index is 1.61. The van der Waals surface area contributed by atoms with Gasteiger partial charge in [-0.05, 0) is 42.1 Å². The highest BCUT2D eigenvalue weighted by Gasteiger charge is 2.19. The maximum absolute atomic E-state index is 9.29. The van der Waals surface area contributed by atoms with E-state index < -0.39 is 0 Å².